The van der Waals surface area contributed by atoms with Gasteiger partial charge in [0.2, 0.25) is 0 Å². The van der Waals surface area contributed by atoms with Crippen LogP contribution in [-0.2, 0) is 4.79 Å². The Morgan fingerprint density at radius 1 is 1.47 bits per heavy atom. The molecular formula is C13H15FO. The van der Waals surface area contributed by atoms with Gasteiger partial charge in [-0.1, -0.05) is 18.2 Å². The van der Waals surface area contributed by atoms with Gasteiger partial charge in [-0.15, -0.1) is 0 Å². The zero-order chi connectivity index (χ0) is 11.3. The summed E-state index contributed by atoms with van der Waals surface area (Å²) in [6, 6.07) is 4.98. The number of aryl methyl sites for hydroxylation is 1. The molecule has 0 amide bonds. The van der Waals surface area contributed by atoms with E-state index in [1.54, 1.807) is 26.0 Å². The Kier molecular flexibility index (Phi) is 4.22. The molecule has 0 aromatic heterocycles. The van der Waals surface area contributed by atoms with Crippen LogP contribution in [0.1, 0.15) is 30.9 Å². The molecule has 0 unspecified atom stereocenters. The van der Waals surface area contributed by atoms with Crippen LogP contribution in [0.2, 0.25) is 0 Å². The first-order valence-corrected chi connectivity index (χ1v) is 5.01. The number of rotatable bonds is 4. The van der Waals surface area contributed by atoms with E-state index in [2.05, 4.69) is 0 Å². The van der Waals surface area contributed by atoms with Gasteiger partial charge in [0.1, 0.15) is 11.6 Å². The van der Waals surface area contributed by atoms with Crippen molar-refractivity contribution in [2.45, 2.75) is 26.7 Å². The van der Waals surface area contributed by atoms with Crippen LogP contribution >= 0.6 is 0 Å². The number of hydrogen-bond donors (Lipinski definition) is 0. The number of allylic oxidation sites excluding steroid dienone is 1. The number of carbonyl (C=O) groups is 1. The van der Waals surface area contributed by atoms with E-state index in [-0.39, 0.29) is 11.6 Å². The number of Topliss-reactive ketones (excluding diaryl/α,β-unsaturated/α-hetero) is 1. The fraction of sp³-hybridized carbons (Fsp3) is 0.308. The summed E-state index contributed by atoms with van der Waals surface area (Å²) in [6.07, 6.45) is 5.16. The van der Waals surface area contributed by atoms with E-state index < -0.39 is 0 Å². The van der Waals surface area contributed by atoms with Crippen molar-refractivity contribution >= 4 is 11.9 Å². The van der Waals surface area contributed by atoms with Crippen LogP contribution in [0.4, 0.5) is 4.39 Å². The Labute approximate surface area is 89.6 Å². The first kappa shape index (κ1) is 11.6. The van der Waals surface area contributed by atoms with Crippen molar-refractivity contribution in [3.05, 3.63) is 41.2 Å². The maximum Gasteiger partial charge on any atom is 0.130 e. The van der Waals surface area contributed by atoms with Crippen molar-refractivity contribution in [1.82, 2.24) is 0 Å². The number of halogens is 1. The molecule has 15 heavy (non-hydrogen) atoms. The van der Waals surface area contributed by atoms with E-state index in [0.717, 1.165) is 12.0 Å². The number of hydrogen-bond acceptors (Lipinski definition) is 1. The van der Waals surface area contributed by atoms with E-state index in [9.17, 15) is 9.18 Å². The third-order valence-corrected chi connectivity index (χ3v) is 2.16. The van der Waals surface area contributed by atoms with Crippen LogP contribution < -0.4 is 0 Å². The molecule has 0 radical (unpaired) electrons. The van der Waals surface area contributed by atoms with E-state index >= 15 is 0 Å². The van der Waals surface area contributed by atoms with Gasteiger partial charge in [-0.05, 0) is 43.5 Å². The summed E-state index contributed by atoms with van der Waals surface area (Å²) in [6.45, 7) is 3.32. The molecule has 0 atom stereocenters. The second kappa shape index (κ2) is 5.44. The second-order valence-electron chi connectivity index (χ2n) is 3.65. The largest absolute Gasteiger partial charge is 0.300 e. The van der Waals surface area contributed by atoms with Gasteiger partial charge in [-0.25, -0.2) is 4.39 Å². The molecule has 0 saturated heterocycles. The maximum absolute atomic E-state index is 12.9. The van der Waals surface area contributed by atoms with Gasteiger partial charge in [0.25, 0.3) is 0 Å². The Hall–Kier alpha value is -1.44. The minimum absolute atomic E-state index is 0.184. The highest BCUT2D eigenvalue weighted by atomic mass is 19.1. The summed E-state index contributed by atoms with van der Waals surface area (Å²) in [5, 5.41) is 0. The molecule has 0 saturated carbocycles. The minimum atomic E-state index is -0.184. The molecule has 0 aliphatic heterocycles. The molecule has 1 rings (SSSR count). The highest BCUT2D eigenvalue weighted by Crippen LogP contribution is 2.11. The van der Waals surface area contributed by atoms with Crippen molar-refractivity contribution < 1.29 is 9.18 Å². The van der Waals surface area contributed by atoms with Gasteiger partial charge < -0.3 is 4.79 Å². The Morgan fingerprint density at radius 3 is 2.80 bits per heavy atom. The molecule has 0 aliphatic carbocycles. The van der Waals surface area contributed by atoms with Gasteiger partial charge in [0.05, 0.1) is 0 Å². The Balaban J connectivity index is 2.57. The maximum atomic E-state index is 12.9. The van der Waals surface area contributed by atoms with Crippen molar-refractivity contribution in [2.75, 3.05) is 0 Å². The first-order valence-electron chi connectivity index (χ1n) is 5.01. The summed E-state index contributed by atoms with van der Waals surface area (Å²) in [7, 11) is 0. The van der Waals surface area contributed by atoms with Crippen LogP contribution in [-0.4, -0.2) is 5.78 Å². The van der Waals surface area contributed by atoms with Gasteiger partial charge >= 0.3 is 0 Å². The lowest BCUT2D eigenvalue weighted by molar-refractivity contribution is -0.116. The molecule has 1 aromatic rings. The molecule has 1 aromatic carbocycles. The van der Waals surface area contributed by atoms with Crippen molar-refractivity contribution in [3.63, 3.8) is 0 Å². The first-order chi connectivity index (χ1) is 7.09. The second-order valence-corrected chi connectivity index (χ2v) is 3.65. The third-order valence-electron chi connectivity index (χ3n) is 2.16. The van der Waals surface area contributed by atoms with Crippen molar-refractivity contribution in [3.8, 4) is 0 Å². The molecule has 0 N–H and O–H groups in total. The lowest BCUT2D eigenvalue weighted by Crippen LogP contribution is -1.86. The van der Waals surface area contributed by atoms with Crippen LogP contribution in [0.25, 0.3) is 6.08 Å². The Morgan fingerprint density at radius 2 is 2.20 bits per heavy atom. The third kappa shape index (κ3) is 4.07. The zero-order valence-electron chi connectivity index (χ0n) is 9.09. The molecule has 0 heterocycles. The standard InChI is InChI=1S/C13H15FO/c1-10-9-12(7-8-13(10)14)6-4-3-5-11(2)15/h4,6-9H,3,5H2,1-2H3/b6-4+. The molecule has 2 heteroatoms. The van der Waals surface area contributed by atoms with E-state index in [4.69, 9.17) is 0 Å². The lowest BCUT2D eigenvalue weighted by atomic mass is 10.1. The normalized spacial score (nSPS) is 10.9. The van der Waals surface area contributed by atoms with Crippen LogP contribution in [0.5, 0.6) is 0 Å². The van der Waals surface area contributed by atoms with E-state index in [1.165, 1.54) is 6.07 Å². The average molecular weight is 206 g/mol. The SMILES string of the molecule is CC(=O)CC/C=C/c1ccc(F)c(C)c1. The topological polar surface area (TPSA) is 17.1 Å². The monoisotopic (exact) mass is 206 g/mol. The molecule has 0 fully saturated rings. The molecule has 0 bridgehead atoms. The Bertz CT molecular complexity index is 380. The zero-order valence-corrected chi connectivity index (χ0v) is 9.09. The summed E-state index contributed by atoms with van der Waals surface area (Å²) < 4.78 is 12.9. The van der Waals surface area contributed by atoms with Crippen LogP contribution in [0.15, 0.2) is 24.3 Å². The van der Waals surface area contributed by atoms with Crippen molar-refractivity contribution in [2.24, 2.45) is 0 Å². The summed E-state index contributed by atoms with van der Waals surface area (Å²) in [5.74, 6) is 0.00539. The lowest BCUT2D eigenvalue weighted by Gasteiger charge is -1.97. The molecule has 0 aliphatic rings. The highest BCUT2D eigenvalue weighted by molar-refractivity contribution is 5.75. The minimum Gasteiger partial charge on any atom is -0.300 e. The summed E-state index contributed by atoms with van der Waals surface area (Å²) >= 11 is 0. The number of ketones is 1. The fourth-order valence-corrected chi connectivity index (χ4v) is 1.28. The number of benzene rings is 1. The highest BCUT2D eigenvalue weighted by Gasteiger charge is 1.95. The van der Waals surface area contributed by atoms with Crippen molar-refractivity contribution in [1.29, 1.82) is 0 Å². The van der Waals surface area contributed by atoms with Crippen LogP contribution in [0.3, 0.4) is 0 Å². The number of carbonyl (C=O) groups excluding carboxylic acids is 1. The van der Waals surface area contributed by atoms with Gasteiger partial charge in [-0.2, -0.15) is 0 Å². The fourth-order valence-electron chi connectivity index (χ4n) is 1.28. The van der Waals surface area contributed by atoms with Gasteiger partial charge in [-0.3, -0.25) is 0 Å². The predicted molar refractivity (Wildman–Crippen MR) is 60.1 cm³/mol. The molecular weight excluding hydrogens is 191 g/mol. The molecule has 0 spiro atoms. The summed E-state index contributed by atoms with van der Waals surface area (Å²) in [5.41, 5.74) is 1.61. The van der Waals surface area contributed by atoms with Gasteiger partial charge in [0, 0.05) is 6.42 Å². The molecule has 80 valence electrons. The van der Waals surface area contributed by atoms with Gasteiger partial charge in [0.15, 0.2) is 0 Å². The van der Waals surface area contributed by atoms with E-state index in [1.807, 2.05) is 12.2 Å². The quantitative estimate of drug-likeness (QED) is 0.736. The van der Waals surface area contributed by atoms with Crippen LogP contribution in [0, 0.1) is 12.7 Å². The smallest absolute Gasteiger partial charge is 0.130 e. The predicted octanol–water partition coefficient (Wildman–Crippen LogP) is 3.52. The summed E-state index contributed by atoms with van der Waals surface area (Å²) in [4.78, 5) is 10.7. The molecule has 1 nitrogen and oxygen atoms in total. The van der Waals surface area contributed by atoms with E-state index in [0.29, 0.717) is 12.0 Å². The average Bonchev–Trinajstić information content (AvgIpc) is 2.18.